The summed E-state index contributed by atoms with van der Waals surface area (Å²) >= 11 is 1.63. The van der Waals surface area contributed by atoms with Crippen molar-refractivity contribution in [2.75, 3.05) is 0 Å². The van der Waals surface area contributed by atoms with Crippen LogP contribution in [-0.4, -0.2) is 20.7 Å². The highest BCUT2D eigenvalue weighted by molar-refractivity contribution is 7.09. The van der Waals surface area contributed by atoms with Gasteiger partial charge in [0.2, 0.25) is 0 Å². The topological polar surface area (TPSA) is 59.8 Å². The predicted molar refractivity (Wildman–Crippen MR) is 104 cm³/mol. The standard InChI is InChI=1S/C20H18N4OS/c1-13-18-16(20(25)21-12-15-9-6-10-26-15)11-17(14-7-4-3-5-8-14)22-19(18)24(2)23-13/h3-11H,12H2,1-2H3,(H,21,25). The maximum absolute atomic E-state index is 12.9. The number of benzene rings is 1. The van der Waals surface area contributed by atoms with Gasteiger partial charge in [-0.15, -0.1) is 11.3 Å². The minimum absolute atomic E-state index is 0.112. The van der Waals surface area contributed by atoms with Crippen molar-refractivity contribution in [2.45, 2.75) is 13.5 Å². The molecule has 0 spiro atoms. The lowest BCUT2D eigenvalue weighted by atomic mass is 10.0. The van der Waals surface area contributed by atoms with Gasteiger partial charge >= 0.3 is 0 Å². The van der Waals surface area contributed by atoms with E-state index >= 15 is 0 Å². The summed E-state index contributed by atoms with van der Waals surface area (Å²) in [5, 5.41) is 10.3. The smallest absolute Gasteiger partial charge is 0.252 e. The number of nitrogens with zero attached hydrogens (tertiary/aromatic N) is 3. The first-order valence-corrected chi connectivity index (χ1v) is 9.22. The Morgan fingerprint density at radius 1 is 1.19 bits per heavy atom. The Bertz CT molecular complexity index is 1070. The summed E-state index contributed by atoms with van der Waals surface area (Å²) < 4.78 is 1.73. The third kappa shape index (κ3) is 2.99. The van der Waals surface area contributed by atoms with Crippen molar-refractivity contribution in [1.29, 1.82) is 0 Å². The number of thiophene rings is 1. The van der Waals surface area contributed by atoms with Crippen molar-refractivity contribution in [3.8, 4) is 11.3 Å². The second kappa shape index (κ2) is 6.72. The van der Waals surface area contributed by atoms with E-state index in [0.29, 0.717) is 17.8 Å². The lowest BCUT2D eigenvalue weighted by molar-refractivity contribution is 0.0953. The van der Waals surface area contributed by atoms with Crippen LogP contribution in [0.1, 0.15) is 20.9 Å². The Labute approximate surface area is 155 Å². The molecule has 0 aliphatic carbocycles. The van der Waals surface area contributed by atoms with Crippen molar-refractivity contribution in [3.05, 3.63) is 70.0 Å². The number of aromatic nitrogens is 3. The Kier molecular flexibility index (Phi) is 4.26. The Balaban J connectivity index is 1.79. The van der Waals surface area contributed by atoms with Gasteiger partial charge in [-0.1, -0.05) is 36.4 Å². The van der Waals surface area contributed by atoms with Crippen LogP contribution in [0.25, 0.3) is 22.3 Å². The SMILES string of the molecule is Cc1nn(C)c2nc(-c3ccccc3)cc(C(=O)NCc3cccs3)c12. The third-order valence-electron chi connectivity index (χ3n) is 4.29. The molecule has 0 bridgehead atoms. The van der Waals surface area contributed by atoms with Crippen molar-refractivity contribution >= 4 is 28.3 Å². The molecule has 3 heterocycles. The molecule has 26 heavy (non-hydrogen) atoms. The first-order chi connectivity index (χ1) is 12.6. The summed E-state index contributed by atoms with van der Waals surface area (Å²) in [7, 11) is 1.85. The van der Waals surface area contributed by atoms with Gasteiger partial charge in [-0.25, -0.2) is 4.98 Å². The third-order valence-corrected chi connectivity index (χ3v) is 5.16. The van der Waals surface area contributed by atoms with Crippen LogP contribution in [0.5, 0.6) is 0 Å². The lowest BCUT2D eigenvalue weighted by Gasteiger charge is -2.09. The van der Waals surface area contributed by atoms with E-state index in [1.54, 1.807) is 16.0 Å². The summed E-state index contributed by atoms with van der Waals surface area (Å²) in [4.78, 5) is 18.8. The van der Waals surface area contributed by atoms with Gasteiger partial charge in [-0.05, 0) is 24.4 Å². The van der Waals surface area contributed by atoms with E-state index in [2.05, 4.69) is 10.4 Å². The predicted octanol–water partition coefficient (Wildman–Crippen LogP) is 3.94. The van der Waals surface area contributed by atoms with Crippen LogP contribution in [0.15, 0.2) is 53.9 Å². The molecule has 3 aromatic heterocycles. The fourth-order valence-electron chi connectivity index (χ4n) is 3.06. The van der Waals surface area contributed by atoms with E-state index in [1.807, 2.05) is 67.9 Å². The first-order valence-electron chi connectivity index (χ1n) is 8.34. The number of rotatable bonds is 4. The summed E-state index contributed by atoms with van der Waals surface area (Å²) in [6.07, 6.45) is 0. The van der Waals surface area contributed by atoms with Crippen molar-refractivity contribution in [1.82, 2.24) is 20.1 Å². The molecule has 0 fully saturated rings. The molecule has 1 amide bonds. The minimum Gasteiger partial charge on any atom is -0.347 e. The number of hydrogen-bond acceptors (Lipinski definition) is 4. The number of amides is 1. The van der Waals surface area contributed by atoms with Gasteiger partial charge in [-0.3, -0.25) is 9.48 Å². The highest BCUT2D eigenvalue weighted by atomic mass is 32.1. The highest BCUT2D eigenvalue weighted by Gasteiger charge is 2.19. The lowest BCUT2D eigenvalue weighted by Crippen LogP contribution is -2.23. The zero-order chi connectivity index (χ0) is 18.1. The molecule has 0 aliphatic heterocycles. The maximum atomic E-state index is 12.9. The molecule has 130 valence electrons. The molecule has 0 saturated heterocycles. The van der Waals surface area contributed by atoms with Crippen LogP contribution in [0, 0.1) is 6.92 Å². The zero-order valence-electron chi connectivity index (χ0n) is 14.6. The van der Waals surface area contributed by atoms with Gasteiger partial charge in [0.1, 0.15) is 0 Å². The number of nitrogens with one attached hydrogen (secondary N) is 1. The molecule has 6 heteroatoms. The van der Waals surface area contributed by atoms with Gasteiger partial charge in [0.15, 0.2) is 5.65 Å². The van der Waals surface area contributed by atoms with Crippen molar-refractivity contribution in [2.24, 2.45) is 7.05 Å². The number of carbonyl (C=O) groups excluding carboxylic acids is 1. The quantitative estimate of drug-likeness (QED) is 0.598. The second-order valence-corrected chi connectivity index (χ2v) is 7.12. The average Bonchev–Trinajstić information content (AvgIpc) is 3.28. The van der Waals surface area contributed by atoms with E-state index in [1.165, 1.54) is 0 Å². The fraction of sp³-hybridized carbons (Fsp3) is 0.150. The Morgan fingerprint density at radius 3 is 2.73 bits per heavy atom. The van der Waals surface area contributed by atoms with E-state index in [9.17, 15) is 4.79 Å². The molecule has 0 radical (unpaired) electrons. The average molecular weight is 362 g/mol. The molecule has 0 unspecified atom stereocenters. The minimum atomic E-state index is -0.112. The van der Waals surface area contributed by atoms with Gasteiger partial charge in [0.05, 0.1) is 28.9 Å². The Hall–Kier alpha value is -2.99. The van der Waals surface area contributed by atoms with Crippen LogP contribution in [0.4, 0.5) is 0 Å². The van der Waals surface area contributed by atoms with E-state index in [0.717, 1.165) is 27.2 Å². The van der Waals surface area contributed by atoms with Crippen LogP contribution in [-0.2, 0) is 13.6 Å². The summed E-state index contributed by atoms with van der Waals surface area (Å²) in [6.45, 7) is 2.42. The number of pyridine rings is 1. The molecular weight excluding hydrogens is 344 g/mol. The van der Waals surface area contributed by atoms with Crippen LogP contribution in [0.2, 0.25) is 0 Å². The van der Waals surface area contributed by atoms with Gasteiger partial charge in [-0.2, -0.15) is 5.10 Å². The first kappa shape index (κ1) is 16.5. The van der Waals surface area contributed by atoms with Crippen LogP contribution < -0.4 is 5.32 Å². The normalized spacial score (nSPS) is 11.0. The van der Waals surface area contributed by atoms with E-state index in [-0.39, 0.29) is 5.91 Å². The van der Waals surface area contributed by atoms with Gasteiger partial charge < -0.3 is 5.32 Å². The maximum Gasteiger partial charge on any atom is 0.252 e. The molecule has 1 aromatic carbocycles. The summed E-state index contributed by atoms with van der Waals surface area (Å²) in [5.41, 5.74) is 3.86. The Morgan fingerprint density at radius 2 is 2.00 bits per heavy atom. The molecular formula is C20H18N4OS. The zero-order valence-corrected chi connectivity index (χ0v) is 15.4. The molecule has 0 aliphatic rings. The van der Waals surface area contributed by atoms with E-state index < -0.39 is 0 Å². The second-order valence-electron chi connectivity index (χ2n) is 6.09. The van der Waals surface area contributed by atoms with Crippen LogP contribution >= 0.6 is 11.3 Å². The van der Waals surface area contributed by atoms with Crippen molar-refractivity contribution < 1.29 is 4.79 Å². The monoisotopic (exact) mass is 362 g/mol. The molecule has 1 N–H and O–H groups in total. The number of carbonyl (C=O) groups is 1. The van der Waals surface area contributed by atoms with Crippen LogP contribution in [0.3, 0.4) is 0 Å². The molecule has 5 nitrogen and oxygen atoms in total. The fourth-order valence-corrected chi connectivity index (χ4v) is 3.70. The van der Waals surface area contributed by atoms with Gasteiger partial charge in [0.25, 0.3) is 5.91 Å². The summed E-state index contributed by atoms with van der Waals surface area (Å²) in [6, 6.07) is 15.7. The highest BCUT2D eigenvalue weighted by Crippen LogP contribution is 2.26. The number of hydrogen-bond donors (Lipinski definition) is 1. The summed E-state index contributed by atoms with van der Waals surface area (Å²) in [5.74, 6) is -0.112. The van der Waals surface area contributed by atoms with E-state index in [4.69, 9.17) is 4.98 Å². The molecule has 0 atom stereocenters. The van der Waals surface area contributed by atoms with Gasteiger partial charge in [0, 0.05) is 17.5 Å². The van der Waals surface area contributed by atoms with Crippen molar-refractivity contribution in [3.63, 3.8) is 0 Å². The molecule has 0 saturated carbocycles. The largest absolute Gasteiger partial charge is 0.347 e. The molecule has 4 aromatic rings. The number of fused-ring (bicyclic) bond motifs is 1. The number of aryl methyl sites for hydroxylation is 2. The molecule has 4 rings (SSSR count).